The van der Waals surface area contributed by atoms with E-state index in [2.05, 4.69) is 15.0 Å². The predicted molar refractivity (Wildman–Crippen MR) is 50.9 cm³/mol. The first-order valence-corrected chi connectivity index (χ1v) is 4.23. The topological polar surface area (TPSA) is 55.1 Å². The molecule has 0 bridgehead atoms. The van der Waals surface area contributed by atoms with E-state index in [1.807, 2.05) is 0 Å². The molecule has 2 rings (SSSR count). The van der Waals surface area contributed by atoms with Crippen molar-refractivity contribution >= 4 is 11.6 Å². The Balaban J connectivity index is 2.17. The average molecular weight is 206 g/mol. The summed E-state index contributed by atoms with van der Waals surface area (Å²) in [5.74, 6) is -0.997. The predicted octanol–water partition coefficient (Wildman–Crippen LogP) is 2.07. The second-order valence-corrected chi connectivity index (χ2v) is 2.82. The highest BCUT2D eigenvalue weighted by Crippen LogP contribution is 2.13. The zero-order chi connectivity index (χ0) is 10.7. The minimum Gasteiger partial charge on any atom is -0.364 e. The number of halogens is 1. The summed E-state index contributed by atoms with van der Waals surface area (Å²) in [5, 5.41) is 5.81. The maximum atomic E-state index is 13.1. The van der Waals surface area contributed by atoms with Gasteiger partial charge < -0.3 is 9.84 Å². The first-order chi connectivity index (χ1) is 7.27. The Labute approximate surface area is 84.7 Å². The van der Waals surface area contributed by atoms with Gasteiger partial charge in [0.2, 0.25) is 0 Å². The molecule has 0 aliphatic rings. The third-order valence-corrected chi connectivity index (χ3v) is 1.79. The molecule has 0 aliphatic carbocycles. The highest BCUT2D eigenvalue weighted by atomic mass is 19.1. The summed E-state index contributed by atoms with van der Waals surface area (Å²) in [6, 6.07) is 7.30. The Kier molecular flexibility index (Phi) is 2.45. The molecule has 0 aliphatic heterocycles. The van der Waals surface area contributed by atoms with Crippen molar-refractivity contribution in [2.75, 3.05) is 5.32 Å². The SMILES string of the molecule is O=C(Nc1ccccc1F)c1ccon1. The Bertz CT molecular complexity index is 468. The van der Waals surface area contributed by atoms with Gasteiger partial charge in [0.05, 0.1) is 5.69 Å². The number of carbonyl (C=O) groups excluding carboxylic acids is 1. The number of nitrogens with zero attached hydrogens (tertiary/aromatic N) is 1. The van der Waals surface area contributed by atoms with Gasteiger partial charge in [-0.1, -0.05) is 17.3 Å². The summed E-state index contributed by atoms with van der Waals surface area (Å²) in [5.41, 5.74) is 0.226. The monoisotopic (exact) mass is 206 g/mol. The van der Waals surface area contributed by atoms with Gasteiger partial charge in [0.15, 0.2) is 5.69 Å². The van der Waals surface area contributed by atoms with Crippen molar-refractivity contribution in [3.05, 3.63) is 48.1 Å². The Morgan fingerprint density at radius 2 is 2.13 bits per heavy atom. The van der Waals surface area contributed by atoms with Gasteiger partial charge in [-0.15, -0.1) is 0 Å². The van der Waals surface area contributed by atoms with Crippen LogP contribution in [0.3, 0.4) is 0 Å². The molecule has 1 aromatic heterocycles. The number of carbonyl (C=O) groups is 1. The van der Waals surface area contributed by atoms with Crippen molar-refractivity contribution in [2.24, 2.45) is 0 Å². The van der Waals surface area contributed by atoms with Crippen molar-refractivity contribution in [3.8, 4) is 0 Å². The van der Waals surface area contributed by atoms with E-state index in [9.17, 15) is 9.18 Å². The second-order valence-electron chi connectivity index (χ2n) is 2.82. The third-order valence-electron chi connectivity index (χ3n) is 1.79. The number of para-hydroxylation sites is 1. The molecule has 15 heavy (non-hydrogen) atoms. The molecular formula is C10H7FN2O2. The first-order valence-electron chi connectivity index (χ1n) is 4.23. The van der Waals surface area contributed by atoms with Crippen LogP contribution in [0.15, 0.2) is 41.1 Å². The van der Waals surface area contributed by atoms with Crippen LogP contribution >= 0.6 is 0 Å². The fourth-order valence-corrected chi connectivity index (χ4v) is 1.08. The van der Waals surface area contributed by atoms with Gasteiger partial charge in [0.25, 0.3) is 5.91 Å². The van der Waals surface area contributed by atoms with E-state index in [0.29, 0.717) is 0 Å². The maximum Gasteiger partial charge on any atom is 0.277 e. The fraction of sp³-hybridized carbons (Fsp3) is 0. The summed E-state index contributed by atoms with van der Waals surface area (Å²) in [4.78, 5) is 11.4. The molecule has 1 amide bonds. The lowest BCUT2D eigenvalue weighted by atomic mass is 10.3. The number of nitrogens with one attached hydrogen (secondary N) is 1. The zero-order valence-corrected chi connectivity index (χ0v) is 7.61. The minimum atomic E-state index is -0.506. The average Bonchev–Trinajstić information content (AvgIpc) is 2.74. The van der Waals surface area contributed by atoms with Crippen molar-refractivity contribution < 1.29 is 13.7 Å². The van der Waals surface area contributed by atoms with Crippen LogP contribution in [0.2, 0.25) is 0 Å². The summed E-state index contributed by atoms with van der Waals surface area (Å²) >= 11 is 0. The van der Waals surface area contributed by atoms with Gasteiger partial charge in [0, 0.05) is 6.07 Å². The van der Waals surface area contributed by atoms with E-state index in [-0.39, 0.29) is 11.4 Å². The number of benzene rings is 1. The zero-order valence-electron chi connectivity index (χ0n) is 7.61. The van der Waals surface area contributed by atoms with Crippen LogP contribution in [0.5, 0.6) is 0 Å². The van der Waals surface area contributed by atoms with Gasteiger partial charge in [-0.05, 0) is 12.1 Å². The highest BCUT2D eigenvalue weighted by molar-refractivity contribution is 6.02. The van der Waals surface area contributed by atoms with Gasteiger partial charge in [-0.2, -0.15) is 0 Å². The van der Waals surface area contributed by atoms with Crippen LogP contribution in [-0.4, -0.2) is 11.1 Å². The maximum absolute atomic E-state index is 13.1. The van der Waals surface area contributed by atoms with E-state index in [4.69, 9.17) is 0 Å². The summed E-state index contributed by atoms with van der Waals surface area (Å²) in [7, 11) is 0. The number of hydrogen-bond donors (Lipinski definition) is 1. The van der Waals surface area contributed by atoms with E-state index < -0.39 is 11.7 Å². The van der Waals surface area contributed by atoms with Crippen molar-refractivity contribution in [2.45, 2.75) is 0 Å². The van der Waals surface area contributed by atoms with Crippen LogP contribution in [0.4, 0.5) is 10.1 Å². The molecule has 4 nitrogen and oxygen atoms in total. The van der Waals surface area contributed by atoms with Crippen LogP contribution in [0.25, 0.3) is 0 Å². The molecule has 1 aromatic carbocycles. The number of rotatable bonds is 2. The molecule has 1 heterocycles. The molecule has 1 N–H and O–H groups in total. The van der Waals surface area contributed by atoms with Crippen LogP contribution < -0.4 is 5.32 Å². The van der Waals surface area contributed by atoms with Gasteiger partial charge in [-0.3, -0.25) is 4.79 Å². The molecular weight excluding hydrogens is 199 g/mol. The third kappa shape index (κ3) is 2.01. The molecule has 0 saturated carbocycles. The fourth-order valence-electron chi connectivity index (χ4n) is 1.08. The Morgan fingerprint density at radius 3 is 2.80 bits per heavy atom. The van der Waals surface area contributed by atoms with Crippen molar-refractivity contribution in [1.82, 2.24) is 5.16 Å². The van der Waals surface area contributed by atoms with Gasteiger partial charge >= 0.3 is 0 Å². The lowest BCUT2D eigenvalue weighted by molar-refractivity contribution is 0.101. The molecule has 0 spiro atoms. The number of amides is 1. The van der Waals surface area contributed by atoms with Gasteiger partial charge in [-0.25, -0.2) is 4.39 Å². The van der Waals surface area contributed by atoms with Crippen LogP contribution in [-0.2, 0) is 0 Å². The number of aromatic nitrogens is 1. The lowest BCUT2D eigenvalue weighted by Gasteiger charge is -2.02. The van der Waals surface area contributed by atoms with Crippen molar-refractivity contribution in [3.63, 3.8) is 0 Å². The molecule has 2 aromatic rings. The first kappa shape index (κ1) is 9.39. The van der Waals surface area contributed by atoms with Crippen LogP contribution in [0.1, 0.15) is 10.5 Å². The number of anilines is 1. The van der Waals surface area contributed by atoms with E-state index in [0.717, 1.165) is 0 Å². The molecule has 5 heteroatoms. The normalized spacial score (nSPS) is 9.93. The quantitative estimate of drug-likeness (QED) is 0.818. The molecule has 0 atom stereocenters. The highest BCUT2D eigenvalue weighted by Gasteiger charge is 2.10. The molecule has 0 radical (unpaired) electrons. The Hall–Kier alpha value is -2.17. The smallest absolute Gasteiger partial charge is 0.277 e. The summed E-state index contributed by atoms with van der Waals surface area (Å²) in [6.07, 6.45) is 1.27. The minimum absolute atomic E-state index is 0.109. The molecule has 0 saturated heterocycles. The largest absolute Gasteiger partial charge is 0.364 e. The summed E-state index contributed by atoms with van der Waals surface area (Å²) < 4.78 is 17.6. The van der Waals surface area contributed by atoms with E-state index >= 15 is 0 Å². The number of hydrogen-bond acceptors (Lipinski definition) is 3. The molecule has 76 valence electrons. The van der Waals surface area contributed by atoms with Gasteiger partial charge in [0.1, 0.15) is 12.1 Å². The Morgan fingerprint density at radius 1 is 1.33 bits per heavy atom. The summed E-state index contributed by atoms with van der Waals surface area (Å²) in [6.45, 7) is 0. The van der Waals surface area contributed by atoms with E-state index in [1.165, 1.54) is 24.5 Å². The molecule has 0 unspecified atom stereocenters. The lowest BCUT2D eigenvalue weighted by Crippen LogP contribution is -2.13. The standard InChI is InChI=1S/C10H7FN2O2/c11-7-3-1-2-4-8(7)12-10(14)9-5-6-15-13-9/h1-6H,(H,12,14). The van der Waals surface area contributed by atoms with E-state index in [1.54, 1.807) is 12.1 Å². The van der Waals surface area contributed by atoms with Crippen molar-refractivity contribution in [1.29, 1.82) is 0 Å². The molecule has 0 fully saturated rings. The second kappa shape index (κ2) is 3.91. The van der Waals surface area contributed by atoms with Crippen LogP contribution in [0, 0.1) is 5.82 Å².